The molecule has 0 saturated heterocycles. The summed E-state index contributed by atoms with van der Waals surface area (Å²) in [5, 5.41) is 6.33. The molecule has 0 unspecified atom stereocenters. The van der Waals surface area contributed by atoms with E-state index in [0.29, 0.717) is 5.69 Å². The molecule has 4 heteroatoms. The Morgan fingerprint density at radius 1 is 1.08 bits per heavy atom. The third-order valence-corrected chi connectivity index (χ3v) is 4.31. The van der Waals surface area contributed by atoms with Gasteiger partial charge in [-0.1, -0.05) is 30.3 Å². The van der Waals surface area contributed by atoms with Gasteiger partial charge in [0.25, 0.3) is 5.91 Å². The number of aromatic nitrogens is 1. The van der Waals surface area contributed by atoms with Gasteiger partial charge in [-0.15, -0.1) is 0 Å². The lowest BCUT2D eigenvalue weighted by molar-refractivity contribution is 0.0931. The molecule has 24 heavy (non-hydrogen) atoms. The number of aromatic amines is 1. The Morgan fingerprint density at radius 3 is 2.71 bits per heavy atom. The van der Waals surface area contributed by atoms with Crippen molar-refractivity contribution >= 4 is 27.6 Å². The van der Waals surface area contributed by atoms with Gasteiger partial charge in [-0.25, -0.2) is 0 Å². The van der Waals surface area contributed by atoms with Crippen molar-refractivity contribution in [1.29, 1.82) is 0 Å². The van der Waals surface area contributed by atoms with E-state index in [9.17, 15) is 4.79 Å². The smallest absolute Gasteiger partial charge is 0.268 e. The van der Waals surface area contributed by atoms with Crippen molar-refractivity contribution in [3.63, 3.8) is 0 Å². The van der Waals surface area contributed by atoms with Crippen molar-refractivity contribution in [3.8, 4) is 0 Å². The van der Waals surface area contributed by atoms with Gasteiger partial charge in [-0.05, 0) is 48.9 Å². The number of furan rings is 1. The van der Waals surface area contributed by atoms with E-state index >= 15 is 0 Å². The SMILES string of the molecule is Cc1ccc([C@@H](C)NC(=O)c2cc3c(ccc4ccccc43)[nH]2)o1. The van der Waals surface area contributed by atoms with E-state index in [0.717, 1.165) is 33.2 Å². The fourth-order valence-electron chi connectivity index (χ4n) is 3.04. The normalized spacial score (nSPS) is 12.6. The lowest BCUT2D eigenvalue weighted by Gasteiger charge is -2.10. The zero-order valence-electron chi connectivity index (χ0n) is 13.6. The molecule has 2 aromatic carbocycles. The van der Waals surface area contributed by atoms with Crippen LogP contribution in [-0.4, -0.2) is 10.9 Å². The molecule has 1 amide bonds. The number of amides is 1. The minimum Gasteiger partial charge on any atom is -0.464 e. The molecule has 1 atom stereocenters. The van der Waals surface area contributed by atoms with Gasteiger partial charge in [0.1, 0.15) is 17.2 Å². The van der Waals surface area contributed by atoms with Crippen LogP contribution in [-0.2, 0) is 0 Å². The molecule has 4 aromatic rings. The van der Waals surface area contributed by atoms with Gasteiger partial charge in [0, 0.05) is 10.9 Å². The summed E-state index contributed by atoms with van der Waals surface area (Å²) in [6.07, 6.45) is 0. The summed E-state index contributed by atoms with van der Waals surface area (Å²) < 4.78 is 5.57. The molecule has 2 aromatic heterocycles. The number of fused-ring (bicyclic) bond motifs is 3. The van der Waals surface area contributed by atoms with Crippen LogP contribution in [0.15, 0.2) is 59.0 Å². The molecule has 0 spiro atoms. The second kappa shape index (κ2) is 5.57. The number of aryl methyl sites for hydroxylation is 1. The van der Waals surface area contributed by atoms with Gasteiger partial charge in [0.2, 0.25) is 0 Å². The predicted octanol–water partition coefficient (Wildman–Crippen LogP) is 4.71. The van der Waals surface area contributed by atoms with Crippen molar-refractivity contribution in [2.45, 2.75) is 19.9 Å². The van der Waals surface area contributed by atoms with Gasteiger partial charge in [-0.2, -0.15) is 0 Å². The molecule has 4 nitrogen and oxygen atoms in total. The number of rotatable bonds is 3. The highest BCUT2D eigenvalue weighted by Gasteiger charge is 2.16. The zero-order chi connectivity index (χ0) is 16.7. The number of benzene rings is 2. The Kier molecular flexibility index (Phi) is 3.38. The summed E-state index contributed by atoms with van der Waals surface area (Å²) in [4.78, 5) is 15.8. The standard InChI is InChI=1S/C20H18N2O2/c1-12-7-10-19(24-12)13(2)21-20(23)18-11-16-15-6-4-3-5-14(15)8-9-17(16)22-18/h3-11,13,22H,1-2H3,(H,21,23)/t13-/m1/s1. The number of nitrogens with one attached hydrogen (secondary N) is 2. The van der Waals surface area contributed by atoms with Crippen LogP contribution < -0.4 is 5.32 Å². The zero-order valence-corrected chi connectivity index (χ0v) is 13.6. The highest BCUT2D eigenvalue weighted by atomic mass is 16.3. The van der Waals surface area contributed by atoms with Crippen LogP contribution in [0.3, 0.4) is 0 Å². The van der Waals surface area contributed by atoms with E-state index < -0.39 is 0 Å². The first-order valence-corrected chi connectivity index (χ1v) is 7.99. The van der Waals surface area contributed by atoms with Crippen LogP contribution in [0, 0.1) is 6.92 Å². The van der Waals surface area contributed by atoms with Crippen molar-refractivity contribution in [2.24, 2.45) is 0 Å². The minimum atomic E-state index is -0.186. The third kappa shape index (κ3) is 2.46. The maximum Gasteiger partial charge on any atom is 0.268 e. The first-order chi connectivity index (χ1) is 11.6. The van der Waals surface area contributed by atoms with Crippen LogP contribution in [0.25, 0.3) is 21.7 Å². The van der Waals surface area contributed by atoms with E-state index in [-0.39, 0.29) is 11.9 Å². The largest absolute Gasteiger partial charge is 0.464 e. The Hall–Kier alpha value is -3.01. The van der Waals surface area contributed by atoms with E-state index in [1.807, 2.05) is 50.2 Å². The Balaban J connectivity index is 1.66. The number of carbonyl (C=O) groups is 1. The number of H-pyrrole nitrogens is 1. The fraction of sp³-hybridized carbons (Fsp3) is 0.150. The Labute approximate surface area is 139 Å². The number of hydrogen-bond donors (Lipinski definition) is 2. The molecule has 2 N–H and O–H groups in total. The van der Waals surface area contributed by atoms with Crippen molar-refractivity contribution < 1.29 is 9.21 Å². The van der Waals surface area contributed by atoms with Crippen LogP contribution >= 0.6 is 0 Å². The lowest BCUT2D eigenvalue weighted by Crippen LogP contribution is -2.26. The van der Waals surface area contributed by atoms with Gasteiger partial charge in [0.15, 0.2) is 0 Å². The molecule has 0 saturated carbocycles. The van der Waals surface area contributed by atoms with E-state index in [1.54, 1.807) is 0 Å². The van der Waals surface area contributed by atoms with Gasteiger partial charge >= 0.3 is 0 Å². The molecule has 120 valence electrons. The first-order valence-electron chi connectivity index (χ1n) is 7.99. The third-order valence-electron chi connectivity index (χ3n) is 4.31. The van der Waals surface area contributed by atoms with Gasteiger partial charge < -0.3 is 14.7 Å². The second-order valence-electron chi connectivity index (χ2n) is 6.07. The van der Waals surface area contributed by atoms with Crippen molar-refractivity contribution in [2.75, 3.05) is 0 Å². The fourth-order valence-corrected chi connectivity index (χ4v) is 3.04. The minimum absolute atomic E-state index is 0.142. The summed E-state index contributed by atoms with van der Waals surface area (Å²) in [6.45, 7) is 3.80. The maximum absolute atomic E-state index is 12.6. The molecule has 4 rings (SSSR count). The van der Waals surface area contributed by atoms with E-state index in [1.165, 1.54) is 0 Å². The quantitative estimate of drug-likeness (QED) is 0.574. The van der Waals surface area contributed by atoms with Crippen LogP contribution in [0.4, 0.5) is 0 Å². The number of carbonyl (C=O) groups excluding carboxylic acids is 1. The van der Waals surface area contributed by atoms with E-state index in [2.05, 4.69) is 28.5 Å². The molecule has 0 aliphatic rings. The Morgan fingerprint density at radius 2 is 1.92 bits per heavy atom. The first kappa shape index (κ1) is 14.6. The summed E-state index contributed by atoms with van der Waals surface area (Å²) in [5.41, 5.74) is 1.51. The van der Waals surface area contributed by atoms with Crippen LogP contribution in [0.5, 0.6) is 0 Å². The molecular weight excluding hydrogens is 300 g/mol. The molecule has 0 aliphatic heterocycles. The molecule has 0 radical (unpaired) electrons. The highest BCUT2D eigenvalue weighted by molar-refractivity contribution is 6.09. The lowest BCUT2D eigenvalue weighted by atomic mass is 10.1. The maximum atomic E-state index is 12.6. The van der Waals surface area contributed by atoms with Crippen molar-refractivity contribution in [1.82, 2.24) is 10.3 Å². The van der Waals surface area contributed by atoms with Crippen molar-refractivity contribution in [3.05, 3.63) is 71.8 Å². The molecule has 0 fully saturated rings. The van der Waals surface area contributed by atoms with Gasteiger partial charge in [0.05, 0.1) is 6.04 Å². The number of hydrogen-bond acceptors (Lipinski definition) is 2. The Bertz CT molecular complexity index is 1040. The van der Waals surface area contributed by atoms with E-state index in [4.69, 9.17) is 4.42 Å². The summed E-state index contributed by atoms with van der Waals surface area (Å²) >= 11 is 0. The molecule has 0 aliphatic carbocycles. The van der Waals surface area contributed by atoms with Crippen LogP contribution in [0.1, 0.15) is 35.0 Å². The van der Waals surface area contributed by atoms with Crippen LogP contribution in [0.2, 0.25) is 0 Å². The predicted molar refractivity (Wildman–Crippen MR) is 95.1 cm³/mol. The monoisotopic (exact) mass is 318 g/mol. The molecule has 0 bridgehead atoms. The van der Waals surface area contributed by atoms with Gasteiger partial charge in [-0.3, -0.25) is 4.79 Å². The second-order valence-corrected chi connectivity index (χ2v) is 6.07. The average Bonchev–Trinajstić information content (AvgIpc) is 3.21. The molecule has 2 heterocycles. The highest BCUT2D eigenvalue weighted by Crippen LogP contribution is 2.26. The molecular formula is C20H18N2O2. The summed E-state index contributed by atoms with van der Waals surface area (Å²) in [7, 11) is 0. The summed E-state index contributed by atoms with van der Waals surface area (Å²) in [5.74, 6) is 1.45. The average molecular weight is 318 g/mol. The topological polar surface area (TPSA) is 58.0 Å². The summed E-state index contributed by atoms with van der Waals surface area (Å²) in [6, 6.07) is 17.7.